The van der Waals surface area contributed by atoms with Gasteiger partial charge in [0.05, 0.1) is 16.9 Å². The number of aryl methyl sites for hydroxylation is 2. The Morgan fingerprint density at radius 1 is 1.00 bits per heavy atom. The quantitative estimate of drug-likeness (QED) is 0.640. The lowest BCUT2D eigenvalue weighted by Gasteiger charge is -2.12. The van der Waals surface area contributed by atoms with Gasteiger partial charge in [0.2, 0.25) is 0 Å². The lowest BCUT2D eigenvalue weighted by molar-refractivity contribution is 1.12. The van der Waals surface area contributed by atoms with Gasteiger partial charge in [-0.05, 0) is 48.6 Å². The van der Waals surface area contributed by atoms with Crippen LogP contribution < -0.4 is 5.73 Å². The molecule has 0 aliphatic carbocycles. The van der Waals surface area contributed by atoms with Gasteiger partial charge in [-0.3, -0.25) is 0 Å². The third-order valence-corrected chi connectivity index (χ3v) is 3.37. The van der Waals surface area contributed by atoms with Crippen molar-refractivity contribution < 1.29 is 0 Å². The molecule has 0 radical (unpaired) electrons. The molecule has 0 unspecified atom stereocenters. The van der Waals surface area contributed by atoms with Crippen LogP contribution >= 0.6 is 0 Å². The average molecular weight is 236 g/mol. The Bertz CT molecular complexity index is 723. The molecule has 0 aliphatic heterocycles. The number of nitrogens with two attached hydrogens (primary N) is 1. The van der Waals surface area contributed by atoms with Crippen LogP contribution in [0.1, 0.15) is 11.1 Å². The molecule has 2 N–H and O–H groups in total. The third kappa shape index (κ3) is 1.58. The molecule has 2 heteroatoms. The van der Waals surface area contributed by atoms with E-state index in [0.717, 1.165) is 16.9 Å². The number of anilines is 1. The molecule has 0 amide bonds. The van der Waals surface area contributed by atoms with Crippen LogP contribution in [0, 0.1) is 13.8 Å². The van der Waals surface area contributed by atoms with Crippen LogP contribution in [-0.4, -0.2) is 4.57 Å². The summed E-state index contributed by atoms with van der Waals surface area (Å²) in [5, 5.41) is 1.23. The number of aromatic nitrogens is 1. The highest BCUT2D eigenvalue weighted by Gasteiger charge is 2.08. The summed E-state index contributed by atoms with van der Waals surface area (Å²) >= 11 is 0. The van der Waals surface area contributed by atoms with Crippen LogP contribution in [0.15, 0.2) is 48.7 Å². The van der Waals surface area contributed by atoms with Gasteiger partial charge in [0, 0.05) is 6.20 Å². The van der Waals surface area contributed by atoms with E-state index in [1.807, 2.05) is 0 Å². The van der Waals surface area contributed by atoms with E-state index >= 15 is 0 Å². The van der Waals surface area contributed by atoms with E-state index in [-0.39, 0.29) is 0 Å². The predicted molar refractivity (Wildman–Crippen MR) is 77.2 cm³/mol. The second kappa shape index (κ2) is 3.91. The molecular weight excluding hydrogens is 220 g/mol. The highest BCUT2D eigenvalue weighted by molar-refractivity contribution is 5.83. The zero-order valence-electron chi connectivity index (χ0n) is 10.6. The molecule has 1 aromatic heterocycles. The smallest absolute Gasteiger partial charge is 0.0691 e. The second-order valence-corrected chi connectivity index (χ2v) is 4.76. The molecule has 0 spiro atoms. The van der Waals surface area contributed by atoms with Gasteiger partial charge in [-0.25, -0.2) is 0 Å². The summed E-state index contributed by atoms with van der Waals surface area (Å²) < 4.78 is 2.16. The molecular formula is C16H16N2. The fourth-order valence-corrected chi connectivity index (χ4v) is 2.45. The maximum absolute atomic E-state index is 6.21. The van der Waals surface area contributed by atoms with Gasteiger partial charge >= 0.3 is 0 Å². The Labute approximate surface area is 107 Å². The van der Waals surface area contributed by atoms with Crippen LogP contribution in [-0.2, 0) is 0 Å². The maximum Gasteiger partial charge on any atom is 0.0691 e. The highest BCUT2D eigenvalue weighted by atomic mass is 15.0. The number of benzene rings is 2. The molecule has 2 aromatic carbocycles. The second-order valence-electron chi connectivity index (χ2n) is 4.76. The van der Waals surface area contributed by atoms with Gasteiger partial charge in [-0.2, -0.15) is 0 Å². The number of rotatable bonds is 1. The normalized spacial score (nSPS) is 11.0. The van der Waals surface area contributed by atoms with Crippen molar-refractivity contribution >= 4 is 16.6 Å². The fourth-order valence-electron chi connectivity index (χ4n) is 2.45. The summed E-state index contributed by atoms with van der Waals surface area (Å²) in [6.45, 7) is 4.15. The number of hydrogen-bond donors (Lipinski definition) is 1. The summed E-state index contributed by atoms with van der Waals surface area (Å²) in [7, 11) is 0. The average Bonchev–Trinajstić information content (AvgIpc) is 2.77. The van der Waals surface area contributed by atoms with Crippen molar-refractivity contribution in [1.82, 2.24) is 4.57 Å². The van der Waals surface area contributed by atoms with Gasteiger partial charge < -0.3 is 10.3 Å². The van der Waals surface area contributed by atoms with Crippen LogP contribution in [0.4, 0.5) is 5.69 Å². The van der Waals surface area contributed by atoms with E-state index in [4.69, 9.17) is 5.73 Å². The Kier molecular flexibility index (Phi) is 2.37. The van der Waals surface area contributed by atoms with Crippen molar-refractivity contribution in [2.24, 2.45) is 0 Å². The molecule has 0 atom stereocenters. The van der Waals surface area contributed by atoms with E-state index in [1.54, 1.807) is 0 Å². The van der Waals surface area contributed by atoms with Gasteiger partial charge in [0.25, 0.3) is 0 Å². The van der Waals surface area contributed by atoms with Gasteiger partial charge in [0.1, 0.15) is 0 Å². The van der Waals surface area contributed by atoms with E-state index in [1.165, 1.54) is 16.5 Å². The first-order chi connectivity index (χ1) is 8.66. The third-order valence-electron chi connectivity index (χ3n) is 3.37. The van der Waals surface area contributed by atoms with Crippen molar-refractivity contribution in [2.45, 2.75) is 13.8 Å². The van der Waals surface area contributed by atoms with Crippen molar-refractivity contribution in [3.05, 3.63) is 59.8 Å². The van der Waals surface area contributed by atoms with Crippen molar-refractivity contribution in [2.75, 3.05) is 5.73 Å². The topological polar surface area (TPSA) is 30.9 Å². The minimum absolute atomic E-state index is 0.849. The fraction of sp³-hybridized carbons (Fsp3) is 0.125. The summed E-state index contributed by atoms with van der Waals surface area (Å²) in [5.74, 6) is 0. The molecule has 0 saturated carbocycles. The SMILES string of the molecule is Cc1cc(C)c(N)c(-n2ccc3ccccc32)c1. The first-order valence-electron chi connectivity index (χ1n) is 6.10. The molecule has 1 heterocycles. The van der Waals surface area contributed by atoms with Crippen LogP contribution in [0.2, 0.25) is 0 Å². The zero-order valence-corrected chi connectivity index (χ0v) is 10.6. The number of fused-ring (bicyclic) bond motifs is 1. The first-order valence-corrected chi connectivity index (χ1v) is 6.10. The largest absolute Gasteiger partial charge is 0.397 e. The van der Waals surface area contributed by atoms with E-state index in [2.05, 4.69) is 67.1 Å². The summed E-state index contributed by atoms with van der Waals surface area (Å²) in [4.78, 5) is 0. The number of para-hydroxylation sites is 1. The first kappa shape index (κ1) is 10.9. The Hall–Kier alpha value is -2.22. The number of nitrogen functional groups attached to an aromatic ring is 1. The van der Waals surface area contributed by atoms with Gasteiger partial charge in [-0.1, -0.05) is 24.3 Å². The lowest BCUT2D eigenvalue weighted by atomic mass is 10.1. The standard InChI is InChI=1S/C16H16N2/c1-11-9-12(2)16(17)15(10-11)18-8-7-13-5-3-4-6-14(13)18/h3-10H,17H2,1-2H3. The highest BCUT2D eigenvalue weighted by Crippen LogP contribution is 2.27. The molecule has 0 saturated heterocycles. The van der Waals surface area contributed by atoms with Crippen LogP contribution in [0.5, 0.6) is 0 Å². The molecule has 0 bridgehead atoms. The molecule has 3 rings (SSSR count). The monoisotopic (exact) mass is 236 g/mol. The summed E-state index contributed by atoms with van der Waals surface area (Å²) in [6, 6.07) is 14.7. The van der Waals surface area contributed by atoms with E-state index < -0.39 is 0 Å². The van der Waals surface area contributed by atoms with Crippen molar-refractivity contribution in [3.63, 3.8) is 0 Å². The minimum atomic E-state index is 0.849. The molecule has 2 nitrogen and oxygen atoms in total. The molecule has 18 heavy (non-hydrogen) atoms. The van der Waals surface area contributed by atoms with Crippen molar-refractivity contribution in [1.29, 1.82) is 0 Å². The van der Waals surface area contributed by atoms with Crippen LogP contribution in [0.3, 0.4) is 0 Å². The molecule has 90 valence electrons. The summed E-state index contributed by atoms with van der Waals surface area (Å²) in [5.41, 5.74) is 11.7. The Balaban J connectivity index is 2.33. The Morgan fingerprint density at radius 3 is 2.61 bits per heavy atom. The predicted octanol–water partition coefficient (Wildman–Crippen LogP) is 3.83. The Morgan fingerprint density at radius 2 is 1.78 bits per heavy atom. The molecule has 3 aromatic rings. The van der Waals surface area contributed by atoms with E-state index in [9.17, 15) is 0 Å². The van der Waals surface area contributed by atoms with E-state index in [0.29, 0.717) is 0 Å². The maximum atomic E-state index is 6.21. The van der Waals surface area contributed by atoms with Gasteiger partial charge in [-0.15, -0.1) is 0 Å². The molecule has 0 aliphatic rings. The number of nitrogens with zero attached hydrogens (tertiary/aromatic N) is 1. The van der Waals surface area contributed by atoms with Gasteiger partial charge in [0.15, 0.2) is 0 Å². The van der Waals surface area contributed by atoms with Crippen LogP contribution in [0.25, 0.3) is 16.6 Å². The number of hydrogen-bond acceptors (Lipinski definition) is 1. The molecule has 0 fully saturated rings. The minimum Gasteiger partial charge on any atom is -0.397 e. The summed E-state index contributed by atoms with van der Waals surface area (Å²) in [6.07, 6.45) is 2.08. The zero-order chi connectivity index (χ0) is 12.7. The lowest BCUT2D eigenvalue weighted by Crippen LogP contribution is -2.01. The van der Waals surface area contributed by atoms with Crippen molar-refractivity contribution in [3.8, 4) is 5.69 Å².